The molecule has 0 amide bonds. The minimum absolute atomic E-state index is 0.292. The zero-order valence-corrected chi connectivity index (χ0v) is 21.0. The summed E-state index contributed by atoms with van der Waals surface area (Å²) in [6.45, 7) is 10.0. The molecule has 1 aliphatic rings. The van der Waals surface area contributed by atoms with Crippen molar-refractivity contribution in [3.63, 3.8) is 0 Å². The second kappa shape index (κ2) is 10.8. The Morgan fingerprint density at radius 2 is 1.76 bits per heavy atom. The Balaban J connectivity index is 1.23. The van der Waals surface area contributed by atoms with E-state index in [-0.39, 0.29) is 0 Å². The van der Waals surface area contributed by atoms with E-state index in [2.05, 4.69) is 22.1 Å². The molecular weight excluding hydrogens is 450 g/mol. The van der Waals surface area contributed by atoms with Gasteiger partial charge in [0.05, 0.1) is 12.7 Å². The van der Waals surface area contributed by atoms with Crippen LogP contribution < -0.4 is 9.47 Å². The molecule has 0 unspecified atom stereocenters. The summed E-state index contributed by atoms with van der Waals surface area (Å²) in [5.74, 6) is 1.63. The molecule has 0 radical (unpaired) electrons. The molecule has 1 fully saturated rings. The maximum atomic E-state index is 11.0. The molecule has 0 bridgehead atoms. The number of rotatable bonds is 9. The zero-order valence-electron chi connectivity index (χ0n) is 20.3. The van der Waals surface area contributed by atoms with E-state index in [9.17, 15) is 5.11 Å². The molecule has 0 aliphatic carbocycles. The molecule has 1 aliphatic heterocycles. The Morgan fingerprint density at radius 3 is 2.44 bits per heavy atom. The van der Waals surface area contributed by atoms with Crippen LogP contribution in [0.3, 0.4) is 0 Å². The molecule has 182 valence electrons. The minimum Gasteiger partial charge on any atom is -0.492 e. The molecule has 2 aromatic carbocycles. The van der Waals surface area contributed by atoms with Gasteiger partial charge in [-0.1, -0.05) is 23.7 Å². The van der Waals surface area contributed by atoms with Crippen molar-refractivity contribution in [2.45, 2.75) is 52.3 Å². The average molecular weight is 484 g/mol. The van der Waals surface area contributed by atoms with Crippen molar-refractivity contribution < 1.29 is 14.6 Å². The van der Waals surface area contributed by atoms with Crippen LogP contribution in [0.15, 0.2) is 48.8 Å². The first kappa shape index (κ1) is 24.6. The molecule has 1 N–H and O–H groups in total. The lowest BCUT2D eigenvalue weighted by Gasteiger charge is -2.38. The van der Waals surface area contributed by atoms with Crippen LogP contribution in [0, 0.1) is 20.8 Å². The third-order valence-electron chi connectivity index (χ3n) is 6.36. The van der Waals surface area contributed by atoms with Gasteiger partial charge in [0.15, 0.2) is 0 Å². The van der Waals surface area contributed by atoms with Crippen LogP contribution in [-0.2, 0) is 13.1 Å². The second-order valence-electron chi connectivity index (χ2n) is 9.44. The highest BCUT2D eigenvalue weighted by Crippen LogP contribution is 2.29. The fraction of sp³-hybridized carbons (Fsp3) is 0.444. The predicted molar refractivity (Wildman–Crippen MR) is 135 cm³/mol. The first-order chi connectivity index (χ1) is 16.3. The van der Waals surface area contributed by atoms with Gasteiger partial charge in [0, 0.05) is 30.9 Å². The number of aryl methyl sites for hydroxylation is 3. The van der Waals surface area contributed by atoms with Gasteiger partial charge < -0.3 is 14.6 Å². The van der Waals surface area contributed by atoms with Crippen LogP contribution in [0.5, 0.6) is 11.5 Å². The Bertz CT molecular complexity index is 1080. The average Bonchev–Trinajstić information content (AvgIpc) is 3.23. The molecule has 4 rings (SSSR count). The number of hydrogen-bond acceptors (Lipinski definition) is 5. The van der Waals surface area contributed by atoms with Gasteiger partial charge in [-0.2, -0.15) is 5.10 Å². The van der Waals surface area contributed by atoms with Crippen LogP contribution in [-0.4, -0.2) is 51.7 Å². The highest BCUT2D eigenvalue weighted by molar-refractivity contribution is 6.32. The largest absolute Gasteiger partial charge is 0.492 e. The smallest absolute Gasteiger partial charge is 0.120 e. The second-order valence-corrected chi connectivity index (χ2v) is 9.81. The normalized spacial score (nSPS) is 15.9. The number of benzene rings is 2. The molecule has 2 heterocycles. The summed E-state index contributed by atoms with van der Waals surface area (Å²) < 4.78 is 13.8. The fourth-order valence-corrected chi connectivity index (χ4v) is 4.43. The van der Waals surface area contributed by atoms with E-state index in [1.54, 1.807) is 0 Å². The molecule has 0 saturated carbocycles. The van der Waals surface area contributed by atoms with E-state index in [1.807, 2.05) is 62.1 Å². The summed E-state index contributed by atoms with van der Waals surface area (Å²) in [4.78, 5) is 2.37. The van der Waals surface area contributed by atoms with Gasteiger partial charge in [-0.15, -0.1) is 0 Å². The van der Waals surface area contributed by atoms with E-state index in [0.717, 1.165) is 59.4 Å². The highest BCUT2D eigenvalue weighted by atomic mass is 35.5. The van der Waals surface area contributed by atoms with E-state index < -0.39 is 5.60 Å². The Labute approximate surface area is 207 Å². The van der Waals surface area contributed by atoms with Gasteiger partial charge in [0.25, 0.3) is 0 Å². The van der Waals surface area contributed by atoms with Gasteiger partial charge in [0.1, 0.15) is 30.3 Å². The van der Waals surface area contributed by atoms with Crippen molar-refractivity contribution in [2.75, 3.05) is 26.3 Å². The van der Waals surface area contributed by atoms with E-state index in [1.165, 1.54) is 5.56 Å². The first-order valence-corrected chi connectivity index (χ1v) is 12.2. The number of aromatic nitrogens is 2. The monoisotopic (exact) mass is 483 g/mol. The van der Waals surface area contributed by atoms with E-state index >= 15 is 0 Å². The van der Waals surface area contributed by atoms with Gasteiger partial charge >= 0.3 is 0 Å². The summed E-state index contributed by atoms with van der Waals surface area (Å²) in [6, 6.07) is 12.1. The van der Waals surface area contributed by atoms with Gasteiger partial charge in [0.2, 0.25) is 0 Å². The van der Waals surface area contributed by atoms with Crippen LogP contribution in [0.2, 0.25) is 5.02 Å². The number of piperidine rings is 1. The van der Waals surface area contributed by atoms with Gasteiger partial charge in [-0.05, 0) is 80.1 Å². The lowest BCUT2D eigenvalue weighted by Crippen LogP contribution is -2.47. The molecule has 6 nitrogen and oxygen atoms in total. The van der Waals surface area contributed by atoms with Crippen molar-refractivity contribution in [3.8, 4) is 11.5 Å². The molecule has 7 heteroatoms. The number of halogens is 1. The number of likely N-dealkylation sites (tertiary alicyclic amines) is 1. The molecule has 34 heavy (non-hydrogen) atoms. The first-order valence-electron chi connectivity index (χ1n) is 11.8. The van der Waals surface area contributed by atoms with Crippen LogP contribution in [0.25, 0.3) is 0 Å². The fourth-order valence-electron chi connectivity index (χ4n) is 4.32. The number of nitrogens with zero attached hydrogens (tertiary/aromatic N) is 3. The Hall–Kier alpha value is -2.54. The van der Waals surface area contributed by atoms with E-state index in [0.29, 0.717) is 26.1 Å². The molecular formula is C27H34ClN3O3. The maximum Gasteiger partial charge on any atom is 0.120 e. The summed E-state index contributed by atoms with van der Waals surface area (Å²) in [6.07, 6.45) is 5.22. The lowest BCUT2D eigenvalue weighted by molar-refractivity contribution is -0.0537. The minimum atomic E-state index is -0.812. The lowest BCUT2D eigenvalue weighted by atomic mass is 9.92. The van der Waals surface area contributed by atoms with E-state index in [4.69, 9.17) is 21.1 Å². The number of aliphatic hydroxyl groups is 1. The van der Waals surface area contributed by atoms with Crippen molar-refractivity contribution in [1.29, 1.82) is 0 Å². The summed E-state index contributed by atoms with van der Waals surface area (Å²) in [7, 11) is 0. The SMILES string of the molecule is Cc1cnn(CCOc2cccc(CN3CCC(O)(COc4cc(C)c(Cl)c(C)c4)CC3)c2)c1. The Morgan fingerprint density at radius 1 is 1.03 bits per heavy atom. The number of hydrogen-bond donors (Lipinski definition) is 1. The molecule has 1 aromatic heterocycles. The highest BCUT2D eigenvalue weighted by Gasteiger charge is 2.33. The standard InChI is InChI=1S/C27H34ClN3O3/c1-20-16-29-31(17-20)11-12-33-24-6-4-5-23(15-24)18-30-9-7-27(32,8-10-30)19-34-25-13-21(2)26(28)22(3)14-25/h4-6,13-17,32H,7-12,18-19H2,1-3H3. The van der Waals surface area contributed by atoms with Gasteiger partial charge in [-0.25, -0.2) is 0 Å². The molecule has 0 spiro atoms. The van der Waals surface area contributed by atoms with Crippen molar-refractivity contribution in [2.24, 2.45) is 0 Å². The third kappa shape index (κ3) is 6.53. The zero-order chi connectivity index (χ0) is 24.1. The quantitative estimate of drug-likeness (QED) is 0.466. The number of ether oxygens (including phenoxy) is 2. The van der Waals surface area contributed by atoms with Crippen molar-refractivity contribution in [1.82, 2.24) is 14.7 Å². The van der Waals surface area contributed by atoms with Crippen LogP contribution in [0.1, 0.15) is 35.1 Å². The summed E-state index contributed by atoms with van der Waals surface area (Å²) in [5, 5.41) is 16.1. The summed E-state index contributed by atoms with van der Waals surface area (Å²) in [5.41, 5.74) is 3.52. The summed E-state index contributed by atoms with van der Waals surface area (Å²) >= 11 is 6.25. The van der Waals surface area contributed by atoms with Crippen LogP contribution in [0.4, 0.5) is 0 Å². The third-order valence-corrected chi connectivity index (χ3v) is 6.96. The predicted octanol–water partition coefficient (Wildman–Crippen LogP) is 4.95. The maximum absolute atomic E-state index is 11.0. The topological polar surface area (TPSA) is 59.8 Å². The Kier molecular flexibility index (Phi) is 7.81. The molecule has 1 saturated heterocycles. The van der Waals surface area contributed by atoms with Gasteiger partial charge in [-0.3, -0.25) is 9.58 Å². The van der Waals surface area contributed by atoms with Crippen molar-refractivity contribution in [3.05, 3.63) is 76.1 Å². The van der Waals surface area contributed by atoms with Crippen LogP contribution >= 0.6 is 11.6 Å². The van der Waals surface area contributed by atoms with Crippen molar-refractivity contribution >= 4 is 11.6 Å². The molecule has 0 atom stereocenters. The molecule has 3 aromatic rings.